The fourth-order valence-electron chi connectivity index (χ4n) is 3.45. The van der Waals surface area contributed by atoms with Gasteiger partial charge in [0.2, 0.25) is 0 Å². The molecule has 0 saturated heterocycles. The van der Waals surface area contributed by atoms with Crippen LogP contribution in [0.2, 0.25) is 0 Å². The molecule has 0 aliphatic carbocycles. The number of anilines is 1. The van der Waals surface area contributed by atoms with Gasteiger partial charge in [-0.05, 0) is 50.5 Å². The van der Waals surface area contributed by atoms with Gasteiger partial charge in [0, 0.05) is 29.1 Å². The Morgan fingerprint density at radius 2 is 1.85 bits per heavy atom. The molecular formula is C26H33N3O4S. The van der Waals surface area contributed by atoms with E-state index in [-0.39, 0.29) is 24.3 Å². The van der Waals surface area contributed by atoms with Crippen LogP contribution >= 0.6 is 11.3 Å². The topological polar surface area (TPSA) is 90.7 Å². The summed E-state index contributed by atoms with van der Waals surface area (Å²) in [5.74, 6) is -1.77. The molecule has 0 bridgehead atoms. The molecule has 182 valence electrons. The van der Waals surface area contributed by atoms with Crippen LogP contribution in [0.15, 0.2) is 41.0 Å². The number of thiophene rings is 1. The van der Waals surface area contributed by atoms with Crippen LogP contribution in [0.25, 0.3) is 6.08 Å². The summed E-state index contributed by atoms with van der Waals surface area (Å²) in [6.45, 7) is 12.6. The lowest BCUT2D eigenvalue weighted by Crippen LogP contribution is -2.44. The van der Waals surface area contributed by atoms with E-state index in [4.69, 9.17) is 4.74 Å². The third kappa shape index (κ3) is 6.67. The summed E-state index contributed by atoms with van der Waals surface area (Å²) in [4.78, 5) is 41.7. The fraction of sp³-hybridized carbons (Fsp3) is 0.462. The van der Waals surface area contributed by atoms with E-state index in [1.54, 1.807) is 24.3 Å². The zero-order chi connectivity index (χ0) is 25.3. The van der Waals surface area contributed by atoms with Crippen molar-refractivity contribution in [3.63, 3.8) is 0 Å². The van der Waals surface area contributed by atoms with Crippen molar-refractivity contribution < 1.29 is 19.1 Å². The smallest absolute Gasteiger partial charge is 0.333 e. The van der Waals surface area contributed by atoms with Gasteiger partial charge in [-0.15, -0.1) is 11.3 Å². The quantitative estimate of drug-likeness (QED) is 0.239. The van der Waals surface area contributed by atoms with Crippen LogP contribution in [-0.4, -0.2) is 48.9 Å². The van der Waals surface area contributed by atoms with Crippen molar-refractivity contribution >= 4 is 40.2 Å². The van der Waals surface area contributed by atoms with Gasteiger partial charge in [0.25, 0.3) is 11.8 Å². The SMILES string of the molecule is C=C(C)C(=O)OCCN1C(=O)C(C#N)=C(C)/C(=C\c2ccc(N(CCCC)CCCC)s2)C1=O. The van der Waals surface area contributed by atoms with Crippen molar-refractivity contribution in [3.8, 4) is 6.07 Å². The Bertz CT molecular complexity index is 1040. The number of carbonyl (C=O) groups excluding carboxylic acids is 3. The highest BCUT2D eigenvalue weighted by molar-refractivity contribution is 7.17. The lowest BCUT2D eigenvalue weighted by Gasteiger charge is -2.27. The number of rotatable bonds is 12. The minimum atomic E-state index is -0.675. The van der Waals surface area contributed by atoms with Crippen LogP contribution in [0.4, 0.5) is 5.00 Å². The molecular weight excluding hydrogens is 450 g/mol. The number of esters is 1. The van der Waals surface area contributed by atoms with Gasteiger partial charge in [-0.25, -0.2) is 4.79 Å². The Hall–Kier alpha value is -3.18. The first-order valence-electron chi connectivity index (χ1n) is 11.6. The number of nitriles is 1. The van der Waals surface area contributed by atoms with Crippen LogP contribution in [0, 0.1) is 11.3 Å². The highest BCUT2D eigenvalue weighted by Gasteiger charge is 2.35. The Morgan fingerprint density at radius 3 is 2.41 bits per heavy atom. The molecule has 0 radical (unpaired) electrons. The van der Waals surface area contributed by atoms with E-state index < -0.39 is 17.8 Å². The maximum absolute atomic E-state index is 13.2. The molecule has 0 atom stereocenters. The molecule has 34 heavy (non-hydrogen) atoms. The van der Waals surface area contributed by atoms with Gasteiger partial charge in [0.15, 0.2) is 0 Å². The van der Waals surface area contributed by atoms with Gasteiger partial charge in [-0.3, -0.25) is 14.5 Å². The number of nitrogens with zero attached hydrogens (tertiary/aromatic N) is 3. The molecule has 0 spiro atoms. The van der Waals surface area contributed by atoms with E-state index in [0.717, 1.165) is 53.6 Å². The van der Waals surface area contributed by atoms with E-state index in [1.807, 2.05) is 12.1 Å². The third-order valence-corrected chi connectivity index (χ3v) is 6.59. The Balaban J connectivity index is 2.30. The number of imide groups is 1. The van der Waals surface area contributed by atoms with Crippen LogP contribution in [0.5, 0.6) is 0 Å². The predicted molar refractivity (Wildman–Crippen MR) is 135 cm³/mol. The average Bonchev–Trinajstić information content (AvgIpc) is 3.27. The largest absolute Gasteiger partial charge is 0.460 e. The highest BCUT2D eigenvalue weighted by Crippen LogP contribution is 2.32. The molecule has 7 nitrogen and oxygen atoms in total. The number of unbranched alkanes of at least 4 members (excludes halogenated alkanes) is 2. The minimum absolute atomic E-state index is 0.0821. The van der Waals surface area contributed by atoms with Gasteiger partial charge < -0.3 is 9.64 Å². The van der Waals surface area contributed by atoms with Crippen LogP contribution in [0.1, 0.15) is 58.3 Å². The van der Waals surface area contributed by atoms with Crippen molar-refractivity contribution in [2.45, 2.75) is 53.4 Å². The maximum atomic E-state index is 13.2. The van der Waals surface area contributed by atoms with Gasteiger partial charge in [-0.1, -0.05) is 33.3 Å². The average molecular weight is 484 g/mol. The van der Waals surface area contributed by atoms with Gasteiger partial charge >= 0.3 is 5.97 Å². The summed E-state index contributed by atoms with van der Waals surface area (Å²) in [6, 6.07) is 5.94. The molecule has 1 aromatic heterocycles. The lowest BCUT2D eigenvalue weighted by molar-refractivity contribution is -0.146. The number of hydrogen-bond donors (Lipinski definition) is 0. The van der Waals surface area contributed by atoms with E-state index in [2.05, 4.69) is 31.4 Å². The Labute approximate surface area is 206 Å². The molecule has 0 fully saturated rings. The second-order valence-electron chi connectivity index (χ2n) is 8.22. The van der Waals surface area contributed by atoms with E-state index in [0.29, 0.717) is 11.1 Å². The van der Waals surface area contributed by atoms with Crippen molar-refractivity contribution in [2.75, 3.05) is 31.1 Å². The summed E-state index contributed by atoms with van der Waals surface area (Å²) in [5.41, 5.74) is 0.799. The second-order valence-corrected chi connectivity index (χ2v) is 9.31. The van der Waals surface area contributed by atoms with Crippen molar-refractivity contribution in [2.24, 2.45) is 0 Å². The summed E-state index contributed by atoms with van der Waals surface area (Å²) in [7, 11) is 0. The standard InChI is InChI=1S/C26H33N3O4S/c1-6-8-12-28(13-9-7-2)23-11-10-20(34-23)16-21-19(5)22(17-27)25(31)29(24(21)30)14-15-33-26(32)18(3)4/h10-11,16H,3,6-9,12-15H2,1-2,4-5H3/b21-16+. The van der Waals surface area contributed by atoms with Crippen molar-refractivity contribution in [1.82, 2.24) is 4.90 Å². The Morgan fingerprint density at radius 1 is 1.21 bits per heavy atom. The summed E-state index contributed by atoms with van der Waals surface area (Å²) >= 11 is 1.58. The number of carbonyl (C=O) groups is 3. The van der Waals surface area contributed by atoms with Gasteiger partial charge in [0.05, 0.1) is 11.5 Å². The van der Waals surface area contributed by atoms with Crippen molar-refractivity contribution in [1.29, 1.82) is 5.26 Å². The molecule has 2 heterocycles. The first-order chi connectivity index (χ1) is 16.2. The zero-order valence-corrected chi connectivity index (χ0v) is 21.3. The van der Waals surface area contributed by atoms with E-state index in [1.165, 1.54) is 6.92 Å². The molecule has 1 aliphatic heterocycles. The second kappa shape index (κ2) is 12.9. The van der Waals surface area contributed by atoms with Gasteiger partial charge in [0.1, 0.15) is 18.2 Å². The first kappa shape index (κ1) is 27.1. The molecule has 0 saturated carbocycles. The molecule has 0 unspecified atom stereocenters. The van der Waals surface area contributed by atoms with Crippen molar-refractivity contribution in [3.05, 3.63) is 45.9 Å². The van der Waals surface area contributed by atoms with Gasteiger partial charge in [-0.2, -0.15) is 5.26 Å². The molecule has 1 aromatic rings. The predicted octanol–water partition coefficient (Wildman–Crippen LogP) is 4.87. The third-order valence-electron chi connectivity index (χ3n) is 5.50. The minimum Gasteiger partial charge on any atom is -0.460 e. The summed E-state index contributed by atoms with van der Waals surface area (Å²) < 4.78 is 5.04. The normalized spacial score (nSPS) is 15.0. The molecule has 2 amide bonds. The maximum Gasteiger partial charge on any atom is 0.333 e. The highest BCUT2D eigenvalue weighted by atomic mass is 32.1. The molecule has 2 rings (SSSR count). The number of ether oxygens (including phenoxy) is 1. The molecule has 8 heteroatoms. The lowest BCUT2D eigenvalue weighted by atomic mass is 9.95. The van der Waals surface area contributed by atoms with Crippen LogP contribution in [-0.2, 0) is 19.1 Å². The molecule has 1 aliphatic rings. The summed E-state index contributed by atoms with van der Waals surface area (Å²) in [5, 5.41) is 10.7. The number of hydrogen-bond acceptors (Lipinski definition) is 7. The Kier molecular flexibility index (Phi) is 10.3. The van der Waals surface area contributed by atoms with E-state index in [9.17, 15) is 19.6 Å². The first-order valence-corrected chi connectivity index (χ1v) is 12.4. The zero-order valence-electron chi connectivity index (χ0n) is 20.5. The number of amides is 2. The van der Waals surface area contributed by atoms with E-state index >= 15 is 0 Å². The molecule has 0 N–H and O–H groups in total. The van der Waals surface area contributed by atoms with Crippen LogP contribution < -0.4 is 4.90 Å². The fourth-order valence-corrected chi connectivity index (χ4v) is 4.45. The molecule has 0 aromatic carbocycles. The summed E-state index contributed by atoms with van der Waals surface area (Å²) in [6.07, 6.45) is 6.19. The monoisotopic (exact) mass is 483 g/mol. The van der Waals surface area contributed by atoms with Crippen LogP contribution in [0.3, 0.4) is 0 Å².